The number of aliphatic hydroxyl groups is 1. The first-order valence-corrected chi connectivity index (χ1v) is 6.26. The predicted octanol–water partition coefficient (Wildman–Crippen LogP) is 1.35. The minimum absolute atomic E-state index is 0.0458. The van der Waals surface area contributed by atoms with E-state index in [-0.39, 0.29) is 12.2 Å². The number of nitrogens with one attached hydrogen (secondary N) is 1. The van der Waals surface area contributed by atoms with E-state index in [1.165, 1.54) is 0 Å². The van der Waals surface area contributed by atoms with Gasteiger partial charge < -0.3 is 15.0 Å². The lowest BCUT2D eigenvalue weighted by atomic mass is 10.1. The van der Waals surface area contributed by atoms with Crippen molar-refractivity contribution in [3.05, 3.63) is 40.7 Å². The smallest absolute Gasteiger partial charge is 0.257 e. The number of benzene rings is 1. The van der Waals surface area contributed by atoms with Crippen molar-refractivity contribution in [1.29, 1.82) is 0 Å². The highest BCUT2D eigenvalue weighted by atomic mass is 16.3. The summed E-state index contributed by atoms with van der Waals surface area (Å²) in [5, 5.41) is 10.8. The Kier molecular flexibility index (Phi) is 2.80. The Morgan fingerprint density at radius 3 is 3.00 bits per heavy atom. The van der Waals surface area contributed by atoms with E-state index in [4.69, 9.17) is 5.11 Å². The zero-order valence-electron chi connectivity index (χ0n) is 10.1. The number of aromatic nitrogens is 1. The molecular weight excluding hydrogens is 228 g/mol. The molecule has 1 aliphatic rings. The molecule has 1 aromatic carbocycles. The van der Waals surface area contributed by atoms with Crippen LogP contribution in [0.4, 0.5) is 5.82 Å². The molecule has 0 bridgehead atoms. The molecule has 1 atom stereocenters. The van der Waals surface area contributed by atoms with E-state index in [0.29, 0.717) is 5.92 Å². The second kappa shape index (κ2) is 4.46. The number of rotatable bonds is 2. The van der Waals surface area contributed by atoms with Crippen LogP contribution in [0, 0.1) is 5.92 Å². The van der Waals surface area contributed by atoms with E-state index in [2.05, 4.69) is 9.88 Å². The van der Waals surface area contributed by atoms with Crippen molar-refractivity contribution < 1.29 is 5.11 Å². The van der Waals surface area contributed by atoms with Crippen LogP contribution in [0.5, 0.6) is 0 Å². The maximum Gasteiger partial charge on any atom is 0.257 e. The van der Waals surface area contributed by atoms with Gasteiger partial charge in [0.25, 0.3) is 5.56 Å². The summed E-state index contributed by atoms with van der Waals surface area (Å²) < 4.78 is 0. The zero-order valence-corrected chi connectivity index (χ0v) is 10.1. The van der Waals surface area contributed by atoms with Crippen molar-refractivity contribution in [2.24, 2.45) is 5.92 Å². The molecule has 18 heavy (non-hydrogen) atoms. The highest BCUT2D eigenvalue weighted by molar-refractivity contribution is 5.83. The van der Waals surface area contributed by atoms with Gasteiger partial charge in [-0.1, -0.05) is 18.2 Å². The third kappa shape index (κ3) is 1.88. The molecule has 1 saturated heterocycles. The molecule has 2 aromatic rings. The van der Waals surface area contributed by atoms with E-state index < -0.39 is 0 Å². The average Bonchev–Trinajstić information content (AvgIpc) is 2.87. The van der Waals surface area contributed by atoms with Crippen LogP contribution in [0.15, 0.2) is 35.1 Å². The molecule has 0 amide bonds. The normalized spacial score (nSPS) is 19.6. The fraction of sp³-hybridized carbons (Fsp3) is 0.357. The average molecular weight is 244 g/mol. The largest absolute Gasteiger partial charge is 0.396 e. The van der Waals surface area contributed by atoms with E-state index in [1.807, 2.05) is 30.3 Å². The van der Waals surface area contributed by atoms with Gasteiger partial charge in [0.2, 0.25) is 0 Å². The summed E-state index contributed by atoms with van der Waals surface area (Å²) in [5.41, 5.74) is -0.0458. The van der Waals surface area contributed by atoms with E-state index in [1.54, 1.807) is 0 Å². The van der Waals surface area contributed by atoms with Gasteiger partial charge in [0.15, 0.2) is 0 Å². The second-order valence-corrected chi connectivity index (χ2v) is 4.85. The van der Waals surface area contributed by atoms with Crippen LogP contribution in [0.1, 0.15) is 6.42 Å². The van der Waals surface area contributed by atoms with E-state index in [0.717, 1.165) is 36.1 Å². The monoisotopic (exact) mass is 244 g/mol. The number of anilines is 1. The lowest BCUT2D eigenvalue weighted by molar-refractivity contribution is 0.238. The molecule has 2 heterocycles. The molecule has 0 saturated carbocycles. The van der Waals surface area contributed by atoms with Gasteiger partial charge in [0.1, 0.15) is 5.82 Å². The maximum absolute atomic E-state index is 12.0. The first kappa shape index (κ1) is 11.3. The summed E-state index contributed by atoms with van der Waals surface area (Å²) in [6.45, 7) is 1.92. The Balaban J connectivity index is 2.01. The quantitative estimate of drug-likeness (QED) is 0.838. The number of nitrogens with zero attached hydrogens (tertiary/aromatic N) is 1. The Hall–Kier alpha value is -1.81. The Morgan fingerprint density at radius 2 is 2.22 bits per heavy atom. The van der Waals surface area contributed by atoms with Crippen molar-refractivity contribution >= 4 is 16.6 Å². The molecule has 1 fully saturated rings. The lowest BCUT2D eigenvalue weighted by Gasteiger charge is -2.18. The molecule has 0 spiro atoms. The van der Waals surface area contributed by atoms with Crippen molar-refractivity contribution in [3.8, 4) is 0 Å². The molecule has 4 nitrogen and oxygen atoms in total. The first-order chi connectivity index (χ1) is 8.78. The predicted molar refractivity (Wildman–Crippen MR) is 72.0 cm³/mol. The highest BCUT2D eigenvalue weighted by Crippen LogP contribution is 2.23. The van der Waals surface area contributed by atoms with Crippen molar-refractivity contribution in [3.63, 3.8) is 0 Å². The molecule has 0 radical (unpaired) electrons. The first-order valence-electron chi connectivity index (χ1n) is 6.26. The van der Waals surface area contributed by atoms with Crippen LogP contribution in [0.25, 0.3) is 10.8 Å². The van der Waals surface area contributed by atoms with E-state index in [9.17, 15) is 4.79 Å². The third-order valence-corrected chi connectivity index (χ3v) is 3.62. The van der Waals surface area contributed by atoms with Crippen LogP contribution >= 0.6 is 0 Å². The molecule has 1 aromatic heterocycles. The molecular formula is C14H16N2O2. The van der Waals surface area contributed by atoms with Crippen LogP contribution in [0.3, 0.4) is 0 Å². The number of hydrogen-bond donors (Lipinski definition) is 2. The zero-order chi connectivity index (χ0) is 12.5. The SMILES string of the molecule is O=c1[nH]c(N2CCC(CO)C2)cc2ccccc12. The number of hydrogen-bond acceptors (Lipinski definition) is 3. The fourth-order valence-electron chi connectivity index (χ4n) is 2.57. The molecule has 1 aliphatic heterocycles. The number of aromatic amines is 1. The van der Waals surface area contributed by atoms with Gasteiger partial charge in [-0.2, -0.15) is 0 Å². The molecule has 4 heteroatoms. The fourth-order valence-corrected chi connectivity index (χ4v) is 2.57. The number of H-pyrrole nitrogens is 1. The third-order valence-electron chi connectivity index (χ3n) is 3.62. The van der Waals surface area contributed by atoms with Crippen molar-refractivity contribution in [2.45, 2.75) is 6.42 Å². The Morgan fingerprint density at radius 1 is 1.39 bits per heavy atom. The van der Waals surface area contributed by atoms with Crippen molar-refractivity contribution in [2.75, 3.05) is 24.6 Å². The van der Waals surface area contributed by atoms with Crippen molar-refractivity contribution in [1.82, 2.24) is 4.98 Å². The van der Waals surface area contributed by atoms with Crippen LogP contribution in [-0.2, 0) is 0 Å². The van der Waals surface area contributed by atoms with Crippen LogP contribution in [0.2, 0.25) is 0 Å². The maximum atomic E-state index is 12.0. The summed E-state index contributed by atoms with van der Waals surface area (Å²) in [7, 11) is 0. The molecule has 94 valence electrons. The van der Waals surface area contributed by atoms with E-state index >= 15 is 0 Å². The summed E-state index contributed by atoms with van der Waals surface area (Å²) in [4.78, 5) is 17.0. The standard InChI is InChI=1S/C14H16N2O2/c17-9-10-5-6-16(8-10)13-7-11-3-1-2-4-12(11)14(18)15-13/h1-4,7,10,17H,5-6,8-9H2,(H,15,18). The van der Waals surface area contributed by atoms with Gasteiger partial charge in [-0.15, -0.1) is 0 Å². The molecule has 0 aliphatic carbocycles. The lowest BCUT2D eigenvalue weighted by Crippen LogP contribution is -2.24. The summed E-state index contributed by atoms with van der Waals surface area (Å²) >= 11 is 0. The van der Waals surface area contributed by atoms with Crippen LogP contribution in [-0.4, -0.2) is 29.8 Å². The Bertz CT molecular complexity index is 620. The van der Waals surface area contributed by atoms with Gasteiger partial charge in [0.05, 0.1) is 0 Å². The Labute approximate surface area is 105 Å². The number of aliphatic hydroxyl groups excluding tert-OH is 1. The van der Waals surface area contributed by atoms with Gasteiger partial charge >= 0.3 is 0 Å². The van der Waals surface area contributed by atoms with Crippen LogP contribution < -0.4 is 10.5 Å². The molecule has 1 unspecified atom stereocenters. The highest BCUT2D eigenvalue weighted by Gasteiger charge is 2.22. The minimum atomic E-state index is -0.0458. The minimum Gasteiger partial charge on any atom is -0.396 e. The summed E-state index contributed by atoms with van der Waals surface area (Å²) in [6, 6.07) is 9.60. The van der Waals surface area contributed by atoms with Gasteiger partial charge in [-0.3, -0.25) is 4.79 Å². The van der Waals surface area contributed by atoms with Gasteiger partial charge in [-0.25, -0.2) is 0 Å². The summed E-state index contributed by atoms with van der Waals surface area (Å²) in [6.07, 6.45) is 0.978. The topological polar surface area (TPSA) is 56.3 Å². The number of fused-ring (bicyclic) bond motifs is 1. The molecule has 3 rings (SSSR count). The summed E-state index contributed by atoms with van der Waals surface area (Å²) in [5.74, 6) is 1.18. The molecule has 2 N–H and O–H groups in total. The second-order valence-electron chi connectivity index (χ2n) is 4.85. The van der Waals surface area contributed by atoms with Gasteiger partial charge in [-0.05, 0) is 23.9 Å². The number of pyridine rings is 1. The van der Waals surface area contributed by atoms with Gasteiger partial charge in [0, 0.05) is 31.0 Å².